The first-order valence-corrected chi connectivity index (χ1v) is 19.4. The fourth-order valence-corrected chi connectivity index (χ4v) is 7.53. The second-order valence-corrected chi connectivity index (χ2v) is 14.8. The van der Waals surface area contributed by atoms with E-state index in [1.807, 2.05) is 20.8 Å². The Morgan fingerprint density at radius 3 is 2.44 bits per heavy atom. The second-order valence-electron chi connectivity index (χ2n) is 14.8. The molecule has 1 saturated heterocycles. The SMILES string of the molecule is CCCN(Cc1ncc(-c2ccc3oc4c(F)c5ccc(-c6cnc([C@@H]7CCCN7C(=O)CNC(=O)OC)[nH]6)cc5cc4c(=O)c3c2)[nH]1)C(=O)C(NC(=O)OC)C(C)C. The molecular formula is C42H45FN8O8. The number of halogens is 1. The Balaban J connectivity index is 1.15. The smallest absolute Gasteiger partial charge is 0.407 e. The van der Waals surface area contributed by atoms with Crippen LogP contribution >= 0.6 is 0 Å². The summed E-state index contributed by atoms with van der Waals surface area (Å²) < 4.78 is 31.4. The van der Waals surface area contributed by atoms with Crippen LogP contribution in [-0.2, 0) is 25.6 Å². The average Bonchev–Trinajstić information content (AvgIpc) is 4.04. The minimum Gasteiger partial charge on any atom is -0.453 e. The molecule has 4 N–H and O–H groups in total. The molecular weight excluding hydrogens is 764 g/mol. The third-order valence-electron chi connectivity index (χ3n) is 10.6. The van der Waals surface area contributed by atoms with Gasteiger partial charge in [-0.1, -0.05) is 32.9 Å². The number of carbonyl (C=O) groups is 4. The van der Waals surface area contributed by atoms with Gasteiger partial charge in [-0.3, -0.25) is 14.4 Å². The maximum atomic E-state index is 16.1. The van der Waals surface area contributed by atoms with Crippen LogP contribution in [0.4, 0.5) is 14.0 Å². The number of hydrogen-bond acceptors (Lipinski definition) is 10. The van der Waals surface area contributed by atoms with Crippen molar-refractivity contribution >= 4 is 56.7 Å². The zero-order valence-corrected chi connectivity index (χ0v) is 33.3. The van der Waals surface area contributed by atoms with Crippen LogP contribution in [-0.4, -0.2) is 93.6 Å². The van der Waals surface area contributed by atoms with Crippen molar-refractivity contribution in [2.45, 2.75) is 58.7 Å². The Hall–Kier alpha value is -6.78. The summed E-state index contributed by atoms with van der Waals surface area (Å²) in [6.45, 7) is 6.53. The Kier molecular flexibility index (Phi) is 11.6. The highest BCUT2D eigenvalue weighted by atomic mass is 19.1. The molecule has 0 radical (unpaired) electrons. The summed E-state index contributed by atoms with van der Waals surface area (Å²) in [4.78, 5) is 82.8. The van der Waals surface area contributed by atoms with Gasteiger partial charge in [-0.2, -0.15) is 0 Å². The number of H-pyrrole nitrogens is 2. The van der Waals surface area contributed by atoms with E-state index in [9.17, 15) is 24.0 Å². The minimum absolute atomic E-state index is 0.0714. The van der Waals surface area contributed by atoms with Gasteiger partial charge in [0.1, 0.15) is 29.8 Å². The van der Waals surface area contributed by atoms with Gasteiger partial charge in [-0.05, 0) is 60.9 Å². The number of likely N-dealkylation sites (tertiary alicyclic amines) is 1. The van der Waals surface area contributed by atoms with Crippen LogP contribution < -0.4 is 16.1 Å². The Morgan fingerprint density at radius 1 is 0.966 bits per heavy atom. The van der Waals surface area contributed by atoms with E-state index >= 15 is 4.39 Å². The molecule has 7 rings (SSSR count). The molecule has 6 aromatic rings. The van der Waals surface area contributed by atoms with E-state index in [4.69, 9.17) is 9.15 Å². The predicted molar refractivity (Wildman–Crippen MR) is 217 cm³/mol. The van der Waals surface area contributed by atoms with Crippen LogP contribution in [0.2, 0.25) is 0 Å². The van der Waals surface area contributed by atoms with E-state index in [1.54, 1.807) is 64.7 Å². The van der Waals surface area contributed by atoms with E-state index in [2.05, 4.69) is 35.3 Å². The van der Waals surface area contributed by atoms with Crippen molar-refractivity contribution in [3.05, 3.63) is 82.5 Å². The van der Waals surface area contributed by atoms with E-state index in [0.29, 0.717) is 65.5 Å². The van der Waals surface area contributed by atoms with Crippen molar-refractivity contribution in [1.82, 2.24) is 40.4 Å². The number of aromatic amines is 2. The maximum absolute atomic E-state index is 16.1. The van der Waals surface area contributed by atoms with Gasteiger partial charge in [0.2, 0.25) is 17.2 Å². The van der Waals surface area contributed by atoms with Gasteiger partial charge in [-0.15, -0.1) is 0 Å². The number of methoxy groups -OCH3 is 2. The fourth-order valence-electron chi connectivity index (χ4n) is 7.53. The molecule has 0 saturated carbocycles. The summed E-state index contributed by atoms with van der Waals surface area (Å²) in [5.74, 6) is -0.289. The van der Waals surface area contributed by atoms with Crippen molar-refractivity contribution in [3.63, 3.8) is 0 Å². The lowest BCUT2D eigenvalue weighted by molar-refractivity contribution is -0.135. The number of fused-ring (bicyclic) bond motifs is 3. The number of rotatable bonds is 12. The number of alkyl carbamates (subject to hydrolysis) is 2. The number of nitrogens with one attached hydrogen (secondary N) is 4. The number of ether oxygens (including phenoxy) is 2. The Labute approximate surface area is 337 Å². The minimum atomic E-state index is -0.790. The predicted octanol–water partition coefficient (Wildman–Crippen LogP) is 6.16. The highest BCUT2D eigenvalue weighted by Gasteiger charge is 2.32. The van der Waals surface area contributed by atoms with Gasteiger partial charge in [0.05, 0.1) is 61.4 Å². The van der Waals surface area contributed by atoms with Crippen LogP contribution in [0.5, 0.6) is 0 Å². The Bertz CT molecular complexity index is 2630. The highest BCUT2D eigenvalue weighted by molar-refractivity contribution is 6.01. The van der Waals surface area contributed by atoms with E-state index in [1.165, 1.54) is 14.2 Å². The highest BCUT2D eigenvalue weighted by Crippen LogP contribution is 2.34. The third-order valence-corrected chi connectivity index (χ3v) is 10.6. The molecule has 0 spiro atoms. The number of amides is 4. The molecule has 0 aliphatic carbocycles. The van der Waals surface area contributed by atoms with Gasteiger partial charge in [0.25, 0.3) is 0 Å². The number of aromatic nitrogens is 4. The van der Waals surface area contributed by atoms with Gasteiger partial charge in [-0.25, -0.2) is 23.9 Å². The summed E-state index contributed by atoms with van der Waals surface area (Å²) in [7, 11) is 2.47. The number of imidazole rings is 2. The number of benzene rings is 3. The van der Waals surface area contributed by atoms with E-state index < -0.39 is 29.5 Å². The molecule has 1 unspecified atom stereocenters. The lowest BCUT2D eigenvalue weighted by Gasteiger charge is -2.28. The zero-order chi connectivity index (χ0) is 42.0. The normalized spacial score (nSPS) is 14.6. The van der Waals surface area contributed by atoms with Crippen molar-refractivity contribution in [3.8, 4) is 22.5 Å². The first kappa shape index (κ1) is 40.4. The Morgan fingerprint density at radius 2 is 1.69 bits per heavy atom. The number of hydrogen-bond donors (Lipinski definition) is 4. The summed E-state index contributed by atoms with van der Waals surface area (Å²) in [5.41, 5.74) is 2.20. The monoisotopic (exact) mass is 808 g/mol. The molecule has 1 fully saturated rings. The van der Waals surface area contributed by atoms with Crippen LogP contribution in [0.25, 0.3) is 55.2 Å². The summed E-state index contributed by atoms with van der Waals surface area (Å²) in [5, 5.41) is 6.12. The standard InChI is InChI=1S/C42H45FN8O8/c1-6-13-50(40(54)36(22(2)3)49-42(56)58-5)21-33-44-18-29(47-33)24-10-12-32-27(16-24)37(53)28-17-25-15-23(9-11-26(25)35(43)38(28)59-32)30-19-45-39(48-30)31-8-7-14-51(31)34(52)20-46-41(55)57-4/h9-12,15-19,22,31,36H,6-8,13-14,20-21H2,1-5H3,(H,44,47)(H,45,48)(H,46,55)(H,49,56)/t31-,36?/m0/s1. The lowest BCUT2D eigenvalue weighted by atomic mass is 10.0. The van der Waals surface area contributed by atoms with Crippen LogP contribution in [0.15, 0.2) is 64.1 Å². The van der Waals surface area contributed by atoms with Crippen molar-refractivity contribution in [2.75, 3.05) is 33.9 Å². The second kappa shape index (κ2) is 17.0. The maximum Gasteiger partial charge on any atom is 0.407 e. The van der Waals surface area contributed by atoms with Crippen LogP contribution in [0, 0.1) is 11.7 Å². The van der Waals surface area contributed by atoms with Gasteiger partial charge in [0.15, 0.2) is 11.4 Å². The topological polar surface area (TPSA) is 205 Å². The van der Waals surface area contributed by atoms with Gasteiger partial charge >= 0.3 is 12.2 Å². The van der Waals surface area contributed by atoms with Crippen molar-refractivity contribution in [2.24, 2.45) is 5.92 Å². The van der Waals surface area contributed by atoms with Crippen molar-refractivity contribution < 1.29 is 37.5 Å². The van der Waals surface area contributed by atoms with Crippen LogP contribution in [0.1, 0.15) is 57.7 Å². The number of carbonyl (C=O) groups excluding carboxylic acids is 4. The zero-order valence-electron chi connectivity index (χ0n) is 33.3. The molecule has 1 aliphatic heterocycles. The molecule has 308 valence electrons. The van der Waals surface area contributed by atoms with E-state index in [-0.39, 0.29) is 64.2 Å². The average molecular weight is 809 g/mol. The molecule has 16 nitrogen and oxygen atoms in total. The fraction of sp³-hybridized carbons (Fsp3) is 0.357. The molecule has 17 heteroatoms. The summed E-state index contributed by atoms with van der Waals surface area (Å²) >= 11 is 0. The first-order chi connectivity index (χ1) is 28.4. The molecule has 3 aromatic carbocycles. The van der Waals surface area contributed by atoms with Crippen LogP contribution in [0.3, 0.4) is 0 Å². The quantitative estimate of drug-likeness (QED) is 0.104. The lowest BCUT2D eigenvalue weighted by Crippen LogP contribution is -2.51. The van der Waals surface area contributed by atoms with Gasteiger partial charge < -0.3 is 44.3 Å². The van der Waals surface area contributed by atoms with Crippen molar-refractivity contribution in [1.29, 1.82) is 0 Å². The molecule has 59 heavy (non-hydrogen) atoms. The molecule has 3 aromatic heterocycles. The van der Waals surface area contributed by atoms with E-state index in [0.717, 1.165) is 6.42 Å². The number of nitrogens with zero attached hydrogens (tertiary/aromatic N) is 4. The molecule has 1 aliphatic rings. The molecule has 4 heterocycles. The molecule has 0 bridgehead atoms. The summed E-state index contributed by atoms with van der Waals surface area (Å²) in [6, 6.07) is 10.7. The summed E-state index contributed by atoms with van der Waals surface area (Å²) in [6.07, 6.45) is 4.02. The molecule has 2 atom stereocenters. The third kappa shape index (κ3) is 8.17. The first-order valence-electron chi connectivity index (χ1n) is 19.4. The largest absolute Gasteiger partial charge is 0.453 e. The van der Waals surface area contributed by atoms with Gasteiger partial charge in [0, 0.05) is 29.6 Å². The molecule has 4 amide bonds.